The molecule has 6 heteroatoms. The number of esters is 1. The summed E-state index contributed by atoms with van der Waals surface area (Å²) in [6.45, 7) is -0.00478. The van der Waals surface area contributed by atoms with Gasteiger partial charge in [0.2, 0.25) is 0 Å². The molecule has 1 unspecified atom stereocenters. The molecule has 0 aromatic heterocycles. The molecule has 1 atom stereocenters. The van der Waals surface area contributed by atoms with Gasteiger partial charge in [0, 0.05) is 17.0 Å². The monoisotopic (exact) mass is 493 g/mol. The third kappa shape index (κ3) is 6.98. The molecule has 1 N–H and O–H groups in total. The number of rotatable bonds is 8. The Morgan fingerprint density at radius 3 is 2.43 bits per heavy atom. The number of fused-ring (bicyclic) bond motifs is 1. The number of nitrogens with one attached hydrogen (secondary N) is 1. The van der Waals surface area contributed by atoms with E-state index in [1.54, 1.807) is 0 Å². The highest BCUT2D eigenvalue weighted by molar-refractivity contribution is 6.30. The molecule has 1 amide bonds. The molecule has 3 aromatic carbocycles. The Morgan fingerprint density at radius 1 is 0.943 bits per heavy atom. The van der Waals surface area contributed by atoms with Crippen molar-refractivity contribution in [2.75, 3.05) is 13.7 Å². The van der Waals surface area contributed by atoms with Crippen molar-refractivity contribution in [3.8, 4) is 5.75 Å². The van der Waals surface area contributed by atoms with Crippen LogP contribution < -0.4 is 10.1 Å². The first-order chi connectivity index (χ1) is 17.0. The zero-order valence-corrected chi connectivity index (χ0v) is 20.9. The topological polar surface area (TPSA) is 64.6 Å². The first kappa shape index (κ1) is 25.1. The van der Waals surface area contributed by atoms with Crippen molar-refractivity contribution < 1.29 is 19.1 Å². The van der Waals surface area contributed by atoms with Gasteiger partial charge in [-0.25, -0.2) is 0 Å². The van der Waals surface area contributed by atoms with Gasteiger partial charge in [-0.1, -0.05) is 73.7 Å². The van der Waals surface area contributed by atoms with E-state index in [0.717, 1.165) is 34.7 Å². The molecule has 1 aliphatic carbocycles. The van der Waals surface area contributed by atoms with Gasteiger partial charge in [0.1, 0.15) is 5.75 Å². The van der Waals surface area contributed by atoms with E-state index in [2.05, 4.69) is 11.4 Å². The van der Waals surface area contributed by atoms with Crippen LogP contribution in [0.5, 0.6) is 5.75 Å². The normalized spacial score (nSPS) is 15.3. The van der Waals surface area contributed by atoms with Crippen molar-refractivity contribution in [3.05, 3.63) is 76.8 Å². The van der Waals surface area contributed by atoms with Crippen LogP contribution in [0.25, 0.3) is 10.8 Å². The van der Waals surface area contributed by atoms with Crippen molar-refractivity contribution in [1.29, 1.82) is 0 Å². The van der Waals surface area contributed by atoms with E-state index in [0.29, 0.717) is 10.8 Å². The minimum absolute atomic E-state index is 0.00478. The van der Waals surface area contributed by atoms with E-state index in [1.807, 2.05) is 54.6 Å². The number of amides is 1. The quantitative estimate of drug-likeness (QED) is 0.291. The number of carbonyl (C=O) groups is 2. The maximum absolute atomic E-state index is 12.4. The zero-order valence-electron chi connectivity index (χ0n) is 20.1. The molecule has 0 saturated heterocycles. The van der Waals surface area contributed by atoms with Crippen LogP contribution in [0.1, 0.15) is 62.0 Å². The summed E-state index contributed by atoms with van der Waals surface area (Å²) in [6.07, 6.45) is 7.14. The molecule has 0 aliphatic heterocycles. The van der Waals surface area contributed by atoms with Gasteiger partial charge in [0.25, 0.3) is 5.91 Å². The fraction of sp³-hybridized carbons (Fsp3) is 0.379. The molecule has 1 saturated carbocycles. The summed E-state index contributed by atoms with van der Waals surface area (Å²) >= 11 is 6.23. The molecule has 35 heavy (non-hydrogen) atoms. The Balaban J connectivity index is 1.50. The van der Waals surface area contributed by atoms with Gasteiger partial charge < -0.3 is 14.8 Å². The van der Waals surface area contributed by atoms with Crippen LogP contribution in [-0.4, -0.2) is 31.6 Å². The van der Waals surface area contributed by atoms with Crippen LogP contribution in [0, 0.1) is 0 Å². The lowest BCUT2D eigenvalue weighted by molar-refractivity contribution is -0.140. The fourth-order valence-corrected chi connectivity index (χ4v) is 4.99. The standard InChI is InChI=1S/C29H32ClNO4/c1-34-29(33)18-27(21-7-6-8-24(30)16-21)22-12-11-20-13-14-26(17-23(20)15-22)35-19-28(32)31-25-9-4-2-3-5-10-25/h6-8,11-17,25,27H,2-5,9-10,18-19H2,1H3,(H,31,32). The van der Waals surface area contributed by atoms with Crippen molar-refractivity contribution in [2.45, 2.75) is 56.9 Å². The molecular formula is C29H32ClNO4. The van der Waals surface area contributed by atoms with E-state index in [9.17, 15) is 9.59 Å². The smallest absolute Gasteiger partial charge is 0.306 e. The second-order valence-corrected chi connectivity index (χ2v) is 9.64. The lowest BCUT2D eigenvalue weighted by atomic mass is 9.87. The van der Waals surface area contributed by atoms with E-state index in [-0.39, 0.29) is 36.9 Å². The molecule has 3 aromatic rings. The molecule has 0 heterocycles. The zero-order chi connectivity index (χ0) is 24.6. The average molecular weight is 494 g/mol. The summed E-state index contributed by atoms with van der Waals surface area (Å²) < 4.78 is 10.8. The Bertz CT molecular complexity index is 1170. The number of hydrogen-bond donors (Lipinski definition) is 1. The Morgan fingerprint density at radius 2 is 1.69 bits per heavy atom. The molecular weight excluding hydrogens is 462 g/mol. The largest absolute Gasteiger partial charge is 0.484 e. The highest BCUT2D eigenvalue weighted by atomic mass is 35.5. The van der Waals surface area contributed by atoms with Gasteiger partial charge in [0.05, 0.1) is 13.5 Å². The minimum atomic E-state index is -0.285. The van der Waals surface area contributed by atoms with Crippen molar-refractivity contribution in [2.24, 2.45) is 0 Å². The van der Waals surface area contributed by atoms with Gasteiger partial charge in [-0.15, -0.1) is 0 Å². The number of carbonyl (C=O) groups excluding carboxylic acids is 2. The lowest BCUT2D eigenvalue weighted by Crippen LogP contribution is -2.37. The minimum Gasteiger partial charge on any atom is -0.484 e. The molecule has 1 aliphatic rings. The van der Waals surface area contributed by atoms with Crippen molar-refractivity contribution in [1.82, 2.24) is 5.32 Å². The predicted molar refractivity (Wildman–Crippen MR) is 139 cm³/mol. The van der Waals surface area contributed by atoms with Crippen LogP contribution in [0.3, 0.4) is 0 Å². The maximum Gasteiger partial charge on any atom is 0.306 e. The van der Waals surface area contributed by atoms with Gasteiger partial charge >= 0.3 is 5.97 Å². The second kappa shape index (κ2) is 12.1. The van der Waals surface area contributed by atoms with Gasteiger partial charge in [-0.2, -0.15) is 0 Å². The average Bonchev–Trinajstić information content (AvgIpc) is 3.14. The van der Waals surface area contributed by atoms with Crippen LogP contribution in [0.15, 0.2) is 60.7 Å². The second-order valence-electron chi connectivity index (χ2n) is 9.20. The lowest BCUT2D eigenvalue weighted by Gasteiger charge is -2.18. The Kier molecular flexibility index (Phi) is 8.64. The summed E-state index contributed by atoms with van der Waals surface area (Å²) in [7, 11) is 1.40. The van der Waals surface area contributed by atoms with E-state index in [1.165, 1.54) is 32.8 Å². The molecule has 0 bridgehead atoms. The van der Waals surface area contributed by atoms with E-state index in [4.69, 9.17) is 21.1 Å². The predicted octanol–water partition coefficient (Wildman–Crippen LogP) is 6.41. The first-order valence-electron chi connectivity index (χ1n) is 12.3. The van der Waals surface area contributed by atoms with Gasteiger partial charge in [-0.3, -0.25) is 9.59 Å². The maximum atomic E-state index is 12.4. The highest BCUT2D eigenvalue weighted by Crippen LogP contribution is 2.33. The Hall–Kier alpha value is -3.05. The number of benzene rings is 3. The molecule has 184 valence electrons. The van der Waals surface area contributed by atoms with Crippen LogP contribution in [0.4, 0.5) is 0 Å². The van der Waals surface area contributed by atoms with Crippen LogP contribution in [-0.2, 0) is 14.3 Å². The van der Waals surface area contributed by atoms with Crippen LogP contribution >= 0.6 is 11.6 Å². The Labute approximate surface area is 211 Å². The highest BCUT2D eigenvalue weighted by Gasteiger charge is 2.20. The molecule has 4 rings (SSSR count). The molecule has 5 nitrogen and oxygen atoms in total. The molecule has 0 spiro atoms. The van der Waals surface area contributed by atoms with Gasteiger partial charge in [0.15, 0.2) is 6.61 Å². The number of halogens is 1. The van der Waals surface area contributed by atoms with E-state index < -0.39 is 0 Å². The first-order valence-corrected chi connectivity index (χ1v) is 12.7. The van der Waals surface area contributed by atoms with E-state index >= 15 is 0 Å². The molecule has 0 radical (unpaired) electrons. The number of ether oxygens (including phenoxy) is 2. The third-order valence-electron chi connectivity index (χ3n) is 6.68. The SMILES string of the molecule is COC(=O)CC(c1cccc(Cl)c1)c1ccc2ccc(OCC(=O)NC3CCCCCC3)cc2c1. The van der Waals surface area contributed by atoms with Crippen LogP contribution in [0.2, 0.25) is 5.02 Å². The fourth-order valence-electron chi connectivity index (χ4n) is 4.79. The summed E-state index contributed by atoms with van der Waals surface area (Å²) in [5.41, 5.74) is 1.93. The summed E-state index contributed by atoms with van der Waals surface area (Å²) in [5, 5.41) is 5.76. The number of hydrogen-bond acceptors (Lipinski definition) is 4. The summed E-state index contributed by atoms with van der Waals surface area (Å²) in [5.74, 6) is 0.0788. The summed E-state index contributed by atoms with van der Waals surface area (Å²) in [6, 6.07) is 19.7. The van der Waals surface area contributed by atoms with Gasteiger partial charge in [-0.05, 0) is 59.0 Å². The molecule has 1 fully saturated rings. The third-order valence-corrected chi connectivity index (χ3v) is 6.91. The van der Waals surface area contributed by atoms with Crippen molar-refractivity contribution in [3.63, 3.8) is 0 Å². The summed E-state index contributed by atoms with van der Waals surface area (Å²) in [4.78, 5) is 24.6. The van der Waals surface area contributed by atoms with Crippen molar-refractivity contribution >= 4 is 34.2 Å². The number of methoxy groups -OCH3 is 1.